The van der Waals surface area contributed by atoms with Crippen molar-refractivity contribution in [2.75, 3.05) is 5.32 Å². The number of anilines is 1. The van der Waals surface area contributed by atoms with Crippen LogP contribution in [-0.2, 0) is 6.42 Å². The summed E-state index contributed by atoms with van der Waals surface area (Å²) < 4.78 is 13.0. The lowest BCUT2D eigenvalue weighted by Gasteiger charge is -2.05. The Bertz CT molecular complexity index is 838. The molecule has 5 heteroatoms. The topological polar surface area (TPSA) is 57.8 Å². The van der Waals surface area contributed by atoms with Crippen LogP contribution in [0.5, 0.6) is 0 Å². The summed E-state index contributed by atoms with van der Waals surface area (Å²) >= 11 is 0. The largest absolute Gasteiger partial charge is 0.321 e. The number of hydrogen-bond acceptors (Lipinski definition) is 2. The Morgan fingerprint density at radius 2 is 1.84 bits per heavy atom. The van der Waals surface area contributed by atoms with Gasteiger partial charge in [-0.3, -0.25) is 9.89 Å². The number of unbranched alkanes of at least 4 members (excludes halogenated alkanes) is 1. The van der Waals surface area contributed by atoms with Crippen molar-refractivity contribution in [2.45, 2.75) is 26.2 Å². The number of halogens is 1. The smallest absolute Gasteiger partial charge is 0.273 e. The first kappa shape index (κ1) is 16.9. The Kier molecular flexibility index (Phi) is 5.23. The molecule has 2 aromatic carbocycles. The van der Waals surface area contributed by atoms with Gasteiger partial charge in [-0.1, -0.05) is 25.5 Å². The molecule has 1 aromatic heterocycles. The lowest BCUT2D eigenvalue weighted by Crippen LogP contribution is -2.12. The van der Waals surface area contributed by atoms with Gasteiger partial charge in [0.2, 0.25) is 0 Å². The number of benzene rings is 2. The van der Waals surface area contributed by atoms with Crippen LogP contribution in [0.2, 0.25) is 0 Å². The molecule has 128 valence electrons. The fourth-order valence-corrected chi connectivity index (χ4v) is 2.54. The molecule has 3 aromatic rings. The minimum atomic E-state index is -0.306. The first-order valence-corrected chi connectivity index (χ1v) is 8.37. The van der Waals surface area contributed by atoms with Gasteiger partial charge in [0, 0.05) is 11.3 Å². The first-order chi connectivity index (χ1) is 12.2. The van der Waals surface area contributed by atoms with Crippen LogP contribution in [0.3, 0.4) is 0 Å². The fourth-order valence-electron chi connectivity index (χ4n) is 2.54. The van der Waals surface area contributed by atoms with Gasteiger partial charge in [-0.15, -0.1) is 0 Å². The third kappa shape index (κ3) is 4.32. The molecule has 3 rings (SSSR count). The zero-order valence-corrected chi connectivity index (χ0v) is 14.1. The number of nitrogens with one attached hydrogen (secondary N) is 2. The van der Waals surface area contributed by atoms with Crippen LogP contribution < -0.4 is 5.32 Å². The van der Waals surface area contributed by atoms with E-state index in [2.05, 4.69) is 22.4 Å². The number of aromatic nitrogens is 2. The average molecular weight is 337 g/mol. The van der Waals surface area contributed by atoms with Gasteiger partial charge in [0.1, 0.15) is 11.5 Å². The lowest BCUT2D eigenvalue weighted by atomic mass is 10.1. The second-order valence-electron chi connectivity index (χ2n) is 5.93. The summed E-state index contributed by atoms with van der Waals surface area (Å²) in [4.78, 5) is 12.3. The molecule has 4 nitrogen and oxygen atoms in total. The van der Waals surface area contributed by atoms with Crippen LogP contribution in [-0.4, -0.2) is 16.1 Å². The molecule has 0 spiro atoms. The molecule has 0 radical (unpaired) electrons. The molecule has 1 heterocycles. The molecule has 0 aliphatic rings. The van der Waals surface area contributed by atoms with E-state index in [9.17, 15) is 9.18 Å². The highest BCUT2D eigenvalue weighted by Crippen LogP contribution is 2.19. The van der Waals surface area contributed by atoms with Crippen LogP contribution in [0.1, 0.15) is 35.8 Å². The van der Waals surface area contributed by atoms with Crippen molar-refractivity contribution in [3.8, 4) is 11.3 Å². The Labute approximate surface area is 146 Å². The third-order valence-corrected chi connectivity index (χ3v) is 3.99. The van der Waals surface area contributed by atoms with E-state index in [1.165, 1.54) is 17.7 Å². The van der Waals surface area contributed by atoms with Gasteiger partial charge in [0.05, 0.1) is 5.69 Å². The molecule has 0 aliphatic carbocycles. The van der Waals surface area contributed by atoms with Crippen LogP contribution in [0.4, 0.5) is 10.1 Å². The van der Waals surface area contributed by atoms with Gasteiger partial charge in [-0.2, -0.15) is 5.10 Å². The molecule has 0 saturated carbocycles. The predicted molar refractivity (Wildman–Crippen MR) is 97.0 cm³/mol. The molecule has 0 aliphatic heterocycles. The summed E-state index contributed by atoms with van der Waals surface area (Å²) in [5, 5.41) is 9.69. The second-order valence-corrected chi connectivity index (χ2v) is 5.93. The molecule has 0 bridgehead atoms. The van der Waals surface area contributed by atoms with E-state index in [-0.39, 0.29) is 11.7 Å². The Balaban J connectivity index is 1.66. The van der Waals surface area contributed by atoms with Crippen molar-refractivity contribution >= 4 is 11.6 Å². The van der Waals surface area contributed by atoms with Gasteiger partial charge in [0.15, 0.2) is 0 Å². The highest BCUT2D eigenvalue weighted by Gasteiger charge is 2.11. The number of aryl methyl sites for hydroxylation is 1. The quantitative estimate of drug-likeness (QED) is 0.678. The van der Waals surface area contributed by atoms with Crippen molar-refractivity contribution in [3.63, 3.8) is 0 Å². The Morgan fingerprint density at radius 3 is 2.52 bits per heavy atom. The van der Waals surface area contributed by atoms with E-state index in [0.29, 0.717) is 11.4 Å². The second kappa shape index (κ2) is 7.75. The molecular weight excluding hydrogens is 317 g/mol. The summed E-state index contributed by atoms with van der Waals surface area (Å²) in [6, 6.07) is 15.5. The molecule has 0 atom stereocenters. The van der Waals surface area contributed by atoms with Crippen molar-refractivity contribution in [3.05, 3.63) is 71.7 Å². The maximum absolute atomic E-state index is 13.0. The van der Waals surface area contributed by atoms with Gasteiger partial charge in [-0.05, 0) is 60.9 Å². The number of amides is 1. The lowest BCUT2D eigenvalue weighted by molar-refractivity contribution is 0.102. The van der Waals surface area contributed by atoms with Crippen LogP contribution in [0.15, 0.2) is 54.6 Å². The van der Waals surface area contributed by atoms with E-state index < -0.39 is 0 Å². The highest BCUT2D eigenvalue weighted by atomic mass is 19.1. The summed E-state index contributed by atoms with van der Waals surface area (Å²) in [5.41, 5.74) is 3.70. The minimum absolute atomic E-state index is 0.262. The summed E-state index contributed by atoms with van der Waals surface area (Å²) in [6.45, 7) is 2.17. The summed E-state index contributed by atoms with van der Waals surface area (Å²) in [7, 11) is 0. The number of carbonyl (C=O) groups excluding carboxylic acids is 1. The van der Waals surface area contributed by atoms with Crippen molar-refractivity contribution < 1.29 is 9.18 Å². The molecule has 1 amide bonds. The van der Waals surface area contributed by atoms with Crippen LogP contribution in [0, 0.1) is 5.82 Å². The van der Waals surface area contributed by atoms with Crippen molar-refractivity contribution in [2.24, 2.45) is 0 Å². The van der Waals surface area contributed by atoms with E-state index >= 15 is 0 Å². The van der Waals surface area contributed by atoms with Gasteiger partial charge < -0.3 is 5.32 Å². The third-order valence-electron chi connectivity index (χ3n) is 3.99. The zero-order valence-electron chi connectivity index (χ0n) is 14.1. The zero-order chi connectivity index (χ0) is 17.6. The standard InChI is InChI=1S/C20H20FN3O/c1-2-3-4-14-5-11-17(12-6-14)22-20(25)19-13-18(23-24-19)15-7-9-16(21)10-8-15/h5-13H,2-4H2,1H3,(H,22,25)(H,23,24). The number of hydrogen-bond donors (Lipinski definition) is 2. The highest BCUT2D eigenvalue weighted by molar-refractivity contribution is 6.03. The average Bonchev–Trinajstić information content (AvgIpc) is 3.12. The van der Waals surface area contributed by atoms with Crippen LogP contribution >= 0.6 is 0 Å². The van der Waals surface area contributed by atoms with Crippen molar-refractivity contribution in [1.82, 2.24) is 10.2 Å². The predicted octanol–water partition coefficient (Wildman–Crippen LogP) is 4.81. The number of nitrogens with zero attached hydrogens (tertiary/aromatic N) is 1. The fraction of sp³-hybridized carbons (Fsp3) is 0.200. The van der Waals surface area contributed by atoms with Crippen LogP contribution in [0.25, 0.3) is 11.3 Å². The molecule has 0 fully saturated rings. The molecule has 2 N–H and O–H groups in total. The summed E-state index contributed by atoms with van der Waals surface area (Å²) in [6.07, 6.45) is 3.37. The van der Waals surface area contributed by atoms with Gasteiger partial charge in [-0.25, -0.2) is 4.39 Å². The monoisotopic (exact) mass is 337 g/mol. The minimum Gasteiger partial charge on any atom is -0.321 e. The Morgan fingerprint density at radius 1 is 1.12 bits per heavy atom. The van der Waals surface area contributed by atoms with E-state index in [4.69, 9.17) is 0 Å². The SMILES string of the molecule is CCCCc1ccc(NC(=O)c2cc(-c3ccc(F)cc3)n[nH]2)cc1. The molecular formula is C20H20FN3O. The molecule has 0 saturated heterocycles. The number of aromatic amines is 1. The maximum atomic E-state index is 13.0. The van der Waals surface area contributed by atoms with E-state index in [1.807, 2.05) is 24.3 Å². The van der Waals surface area contributed by atoms with E-state index in [1.54, 1.807) is 18.2 Å². The van der Waals surface area contributed by atoms with E-state index in [0.717, 1.165) is 30.5 Å². The first-order valence-electron chi connectivity index (χ1n) is 8.37. The molecule has 25 heavy (non-hydrogen) atoms. The number of H-pyrrole nitrogens is 1. The maximum Gasteiger partial charge on any atom is 0.273 e. The van der Waals surface area contributed by atoms with Crippen molar-refractivity contribution in [1.29, 1.82) is 0 Å². The van der Waals surface area contributed by atoms with Gasteiger partial charge in [0.25, 0.3) is 5.91 Å². The molecule has 0 unspecified atom stereocenters. The summed E-state index contributed by atoms with van der Waals surface area (Å²) in [5.74, 6) is -0.568. The normalized spacial score (nSPS) is 10.6. The number of carbonyl (C=O) groups is 1. The van der Waals surface area contributed by atoms with Gasteiger partial charge >= 0.3 is 0 Å². The Hall–Kier alpha value is -2.95. The number of rotatable bonds is 6.